The molecule has 1 heterocycles. The molecule has 0 aliphatic rings. The topological polar surface area (TPSA) is 41.6 Å². The number of hydrogen-bond donors (Lipinski definition) is 1. The van der Waals surface area contributed by atoms with Crippen molar-refractivity contribution in [3.63, 3.8) is 0 Å². The highest BCUT2D eigenvalue weighted by Gasteiger charge is 2.20. The molecule has 0 saturated heterocycles. The molecule has 1 aromatic heterocycles. The number of nitrogens with zero attached hydrogens (tertiary/aromatic N) is 1. The van der Waals surface area contributed by atoms with Crippen LogP contribution in [-0.2, 0) is 11.3 Å². The Morgan fingerprint density at radius 2 is 2.17 bits per heavy atom. The minimum atomic E-state index is -0.156. The van der Waals surface area contributed by atoms with Crippen LogP contribution in [-0.4, -0.2) is 36.5 Å². The highest BCUT2D eigenvalue weighted by atomic mass is 32.1. The molecule has 2 aromatic rings. The molecule has 1 N–H and O–H groups in total. The van der Waals surface area contributed by atoms with E-state index in [0.29, 0.717) is 13.2 Å². The van der Waals surface area contributed by atoms with Crippen LogP contribution in [0.4, 0.5) is 0 Å². The third-order valence-electron chi connectivity index (χ3n) is 3.93. The number of thiophene rings is 1. The van der Waals surface area contributed by atoms with Gasteiger partial charge in [-0.1, -0.05) is 25.1 Å². The maximum Gasteiger partial charge on any atom is 0.237 e. The average Bonchev–Trinajstić information content (AvgIpc) is 3.09. The number of ether oxygens (including phenoxy) is 1. The van der Waals surface area contributed by atoms with Gasteiger partial charge in [0, 0.05) is 11.4 Å². The maximum atomic E-state index is 12.3. The molecular formula is C19H26N2O2S. The van der Waals surface area contributed by atoms with Crippen LogP contribution in [0.2, 0.25) is 0 Å². The standard InChI is InChI=1S/C19H26N2O2S/c1-4-21(14-18-9-6-12-24-18)16(3)19(22)20-10-11-23-17-8-5-7-15(2)13-17/h5-9,12-13,16H,4,10-11,14H2,1-3H3,(H,20,22). The predicted octanol–water partition coefficient (Wildman–Crippen LogP) is 3.46. The van der Waals surface area contributed by atoms with Gasteiger partial charge in [-0.2, -0.15) is 0 Å². The lowest BCUT2D eigenvalue weighted by Gasteiger charge is -2.26. The first-order valence-corrected chi connectivity index (χ1v) is 9.21. The number of carbonyl (C=O) groups excluding carboxylic acids is 1. The summed E-state index contributed by atoms with van der Waals surface area (Å²) in [5, 5.41) is 5.03. The third-order valence-corrected chi connectivity index (χ3v) is 4.79. The normalized spacial score (nSPS) is 12.2. The Kier molecular flexibility index (Phi) is 7.28. The summed E-state index contributed by atoms with van der Waals surface area (Å²) in [6.07, 6.45) is 0. The van der Waals surface area contributed by atoms with Gasteiger partial charge in [0.05, 0.1) is 12.6 Å². The van der Waals surface area contributed by atoms with E-state index in [0.717, 1.165) is 24.4 Å². The number of likely N-dealkylation sites (N-methyl/N-ethyl adjacent to an activating group) is 1. The zero-order chi connectivity index (χ0) is 17.4. The second-order valence-corrected chi connectivity index (χ2v) is 6.81. The summed E-state index contributed by atoms with van der Waals surface area (Å²) in [5.41, 5.74) is 1.16. The molecule has 0 bridgehead atoms. The van der Waals surface area contributed by atoms with Crippen LogP contribution in [0.1, 0.15) is 24.3 Å². The molecule has 4 nitrogen and oxygen atoms in total. The highest BCUT2D eigenvalue weighted by molar-refractivity contribution is 7.09. The summed E-state index contributed by atoms with van der Waals surface area (Å²) in [6, 6.07) is 11.9. The molecule has 0 fully saturated rings. The molecule has 1 aromatic carbocycles. The summed E-state index contributed by atoms with van der Waals surface area (Å²) in [4.78, 5) is 15.8. The van der Waals surface area contributed by atoms with E-state index < -0.39 is 0 Å². The first kappa shape index (κ1) is 18.5. The lowest BCUT2D eigenvalue weighted by Crippen LogP contribution is -2.45. The van der Waals surface area contributed by atoms with Gasteiger partial charge in [-0.25, -0.2) is 0 Å². The van der Waals surface area contributed by atoms with Gasteiger partial charge < -0.3 is 10.1 Å². The van der Waals surface area contributed by atoms with E-state index in [9.17, 15) is 4.79 Å². The van der Waals surface area contributed by atoms with E-state index in [1.807, 2.05) is 44.2 Å². The summed E-state index contributed by atoms with van der Waals surface area (Å²) in [5.74, 6) is 0.881. The van der Waals surface area contributed by atoms with Gasteiger partial charge in [-0.15, -0.1) is 11.3 Å². The van der Waals surface area contributed by atoms with E-state index in [4.69, 9.17) is 4.74 Å². The smallest absolute Gasteiger partial charge is 0.237 e. The Balaban J connectivity index is 1.74. The van der Waals surface area contributed by atoms with Crippen molar-refractivity contribution >= 4 is 17.2 Å². The van der Waals surface area contributed by atoms with Gasteiger partial charge in [0.1, 0.15) is 12.4 Å². The molecule has 0 aliphatic heterocycles. The van der Waals surface area contributed by atoms with Crippen LogP contribution >= 0.6 is 11.3 Å². The van der Waals surface area contributed by atoms with Crippen molar-refractivity contribution in [2.24, 2.45) is 0 Å². The fourth-order valence-corrected chi connectivity index (χ4v) is 3.22. The number of hydrogen-bond acceptors (Lipinski definition) is 4. The number of rotatable bonds is 9. The molecule has 2 rings (SSSR count). The lowest BCUT2D eigenvalue weighted by molar-refractivity contribution is -0.126. The van der Waals surface area contributed by atoms with Crippen LogP contribution in [0, 0.1) is 6.92 Å². The summed E-state index contributed by atoms with van der Waals surface area (Å²) < 4.78 is 5.66. The lowest BCUT2D eigenvalue weighted by atomic mass is 10.2. The van der Waals surface area contributed by atoms with Gasteiger partial charge >= 0.3 is 0 Å². The monoisotopic (exact) mass is 346 g/mol. The fourth-order valence-electron chi connectivity index (χ4n) is 2.49. The van der Waals surface area contributed by atoms with E-state index in [2.05, 4.69) is 28.6 Å². The van der Waals surface area contributed by atoms with Gasteiger partial charge in [0.2, 0.25) is 5.91 Å². The Bertz CT molecular complexity index is 628. The van der Waals surface area contributed by atoms with Crippen LogP contribution < -0.4 is 10.1 Å². The first-order chi connectivity index (χ1) is 11.6. The van der Waals surface area contributed by atoms with Crippen molar-refractivity contribution in [2.45, 2.75) is 33.4 Å². The van der Waals surface area contributed by atoms with Crippen molar-refractivity contribution in [3.05, 3.63) is 52.2 Å². The van der Waals surface area contributed by atoms with E-state index >= 15 is 0 Å². The first-order valence-electron chi connectivity index (χ1n) is 8.33. The summed E-state index contributed by atoms with van der Waals surface area (Å²) in [7, 11) is 0. The quantitative estimate of drug-likeness (QED) is 0.707. The van der Waals surface area contributed by atoms with Crippen LogP contribution in [0.3, 0.4) is 0 Å². The number of amides is 1. The van der Waals surface area contributed by atoms with Crippen molar-refractivity contribution in [1.29, 1.82) is 0 Å². The zero-order valence-corrected chi connectivity index (χ0v) is 15.4. The molecule has 0 saturated carbocycles. The molecule has 1 unspecified atom stereocenters. The Hall–Kier alpha value is -1.85. The van der Waals surface area contributed by atoms with Crippen molar-refractivity contribution < 1.29 is 9.53 Å². The summed E-state index contributed by atoms with van der Waals surface area (Å²) >= 11 is 1.72. The number of aryl methyl sites for hydroxylation is 1. The van der Waals surface area contributed by atoms with E-state index in [1.54, 1.807) is 11.3 Å². The number of nitrogens with one attached hydrogen (secondary N) is 1. The van der Waals surface area contributed by atoms with Crippen LogP contribution in [0.25, 0.3) is 0 Å². The van der Waals surface area contributed by atoms with Crippen LogP contribution in [0.15, 0.2) is 41.8 Å². The molecule has 0 aliphatic carbocycles. The highest BCUT2D eigenvalue weighted by Crippen LogP contribution is 2.14. The molecule has 1 amide bonds. The largest absolute Gasteiger partial charge is 0.492 e. The average molecular weight is 346 g/mol. The van der Waals surface area contributed by atoms with Crippen molar-refractivity contribution in [2.75, 3.05) is 19.7 Å². The molecular weight excluding hydrogens is 320 g/mol. The van der Waals surface area contributed by atoms with Gasteiger partial charge in [0.25, 0.3) is 0 Å². The van der Waals surface area contributed by atoms with Gasteiger partial charge in [0.15, 0.2) is 0 Å². The zero-order valence-electron chi connectivity index (χ0n) is 14.6. The minimum Gasteiger partial charge on any atom is -0.492 e. The predicted molar refractivity (Wildman–Crippen MR) is 99.5 cm³/mol. The Morgan fingerprint density at radius 3 is 2.83 bits per heavy atom. The Labute approximate surface area is 148 Å². The SMILES string of the molecule is CCN(Cc1cccs1)C(C)C(=O)NCCOc1cccc(C)c1. The van der Waals surface area contributed by atoms with E-state index in [1.165, 1.54) is 4.88 Å². The van der Waals surface area contributed by atoms with Gasteiger partial charge in [-0.3, -0.25) is 9.69 Å². The maximum absolute atomic E-state index is 12.3. The Morgan fingerprint density at radius 1 is 1.33 bits per heavy atom. The molecule has 24 heavy (non-hydrogen) atoms. The molecule has 0 spiro atoms. The van der Waals surface area contributed by atoms with Crippen LogP contribution in [0.5, 0.6) is 5.75 Å². The number of benzene rings is 1. The fraction of sp³-hybridized carbons (Fsp3) is 0.421. The molecule has 0 radical (unpaired) electrons. The van der Waals surface area contributed by atoms with E-state index in [-0.39, 0.29) is 11.9 Å². The van der Waals surface area contributed by atoms with Gasteiger partial charge in [-0.05, 0) is 49.5 Å². The molecule has 130 valence electrons. The number of carbonyl (C=O) groups is 1. The molecule has 5 heteroatoms. The minimum absolute atomic E-state index is 0.0428. The summed E-state index contributed by atoms with van der Waals surface area (Å²) in [6.45, 7) is 8.69. The second kappa shape index (κ2) is 9.45. The van der Waals surface area contributed by atoms with Crippen molar-refractivity contribution in [3.8, 4) is 5.75 Å². The van der Waals surface area contributed by atoms with Crippen molar-refractivity contribution in [1.82, 2.24) is 10.2 Å². The third kappa shape index (κ3) is 5.65. The molecule has 1 atom stereocenters. The second-order valence-electron chi connectivity index (χ2n) is 5.77.